The molecule has 3 aromatic carbocycles. The predicted octanol–water partition coefficient (Wildman–Crippen LogP) is 4.75. The number of nitrogens with one attached hydrogen (secondary N) is 1. The predicted molar refractivity (Wildman–Crippen MR) is 140 cm³/mol. The van der Waals surface area contributed by atoms with Crippen LogP contribution >= 0.6 is 0 Å². The number of carbonyl (C=O) groups excluding carboxylic acids is 2. The Morgan fingerprint density at radius 1 is 0.972 bits per heavy atom. The molecule has 0 aliphatic carbocycles. The molecule has 1 aliphatic rings. The molecule has 0 spiro atoms. The van der Waals surface area contributed by atoms with Crippen LogP contribution in [0.1, 0.15) is 41.6 Å². The van der Waals surface area contributed by atoms with Crippen LogP contribution in [0.3, 0.4) is 0 Å². The molecule has 2 amide bonds. The lowest BCUT2D eigenvalue weighted by atomic mass is 9.90. The molecule has 0 bridgehead atoms. The van der Waals surface area contributed by atoms with Crippen molar-refractivity contribution in [3.63, 3.8) is 0 Å². The second-order valence-corrected chi connectivity index (χ2v) is 9.22. The number of hydrogen-bond donors (Lipinski definition) is 1. The smallest absolute Gasteiger partial charge is 0.222 e. The fourth-order valence-corrected chi connectivity index (χ4v) is 5.02. The minimum Gasteiger partial charge on any atom is -0.352 e. The van der Waals surface area contributed by atoms with E-state index in [9.17, 15) is 9.59 Å². The summed E-state index contributed by atoms with van der Waals surface area (Å²) in [6, 6.07) is 26.4. The summed E-state index contributed by atoms with van der Waals surface area (Å²) in [7, 11) is 0. The molecule has 0 saturated carbocycles. The van der Waals surface area contributed by atoms with Crippen LogP contribution in [0.5, 0.6) is 0 Å². The number of hydrogen-bond acceptors (Lipinski definition) is 3. The summed E-state index contributed by atoms with van der Waals surface area (Å²) in [6.07, 6.45) is 4.81. The lowest BCUT2D eigenvalue weighted by molar-refractivity contribution is -0.133. The molecule has 0 saturated heterocycles. The lowest BCUT2D eigenvalue weighted by Gasteiger charge is -2.36. The molecule has 1 unspecified atom stereocenters. The Balaban J connectivity index is 1.27. The van der Waals surface area contributed by atoms with E-state index in [1.807, 2.05) is 58.2 Å². The molecule has 36 heavy (non-hydrogen) atoms. The lowest BCUT2D eigenvalue weighted by Crippen LogP contribution is -2.41. The van der Waals surface area contributed by atoms with E-state index >= 15 is 0 Å². The van der Waals surface area contributed by atoms with Gasteiger partial charge in [0, 0.05) is 32.4 Å². The Kier molecular flexibility index (Phi) is 6.94. The van der Waals surface area contributed by atoms with Gasteiger partial charge in [0.15, 0.2) is 0 Å². The number of aromatic nitrogens is 2. The minimum absolute atomic E-state index is 0.00338. The third-order valence-electron chi connectivity index (χ3n) is 6.86. The Hall–Kier alpha value is -4.19. The molecule has 6 nitrogen and oxygen atoms in total. The van der Waals surface area contributed by atoms with Crippen molar-refractivity contribution in [2.75, 3.05) is 6.54 Å². The summed E-state index contributed by atoms with van der Waals surface area (Å²) in [6.45, 7) is 3.38. The van der Waals surface area contributed by atoms with Crippen LogP contribution < -0.4 is 5.32 Å². The molecule has 182 valence electrons. The molecule has 1 atom stereocenters. The third kappa shape index (κ3) is 5.23. The van der Waals surface area contributed by atoms with Crippen molar-refractivity contribution in [3.8, 4) is 11.1 Å². The Labute approximate surface area is 211 Å². The third-order valence-corrected chi connectivity index (χ3v) is 6.86. The van der Waals surface area contributed by atoms with E-state index in [2.05, 4.69) is 46.8 Å². The van der Waals surface area contributed by atoms with Crippen molar-refractivity contribution in [1.82, 2.24) is 20.0 Å². The largest absolute Gasteiger partial charge is 0.352 e. The van der Waals surface area contributed by atoms with E-state index in [0.29, 0.717) is 13.1 Å². The summed E-state index contributed by atoms with van der Waals surface area (Å²) in [5.41, 5.74) is 6.72. The normalized spacial score (nSPS) is 14.8. The van der Waals surface area contributed by atoms with Gasteiger partial charge >= 0.3 is 0 Å². The Morgan fingerprint density at radius 2 is 1.75 bits per heavy atom. The van der Waals surface area contributed by atoms with Gasteiger partial charge in [-0.25, -0.2) is 0 Å². The fraction of sp³-hybridized carbons (Fsp3) is 0.233. The molecule has 2 heterocycles. The second-order valence-electron chi connectivity index (χ2n) is 9.22. The zero-order valence-corrected chi connectivity index (χ0v) is 20.4. The quantitative estimate of drug-likeness (QED) is 0.417. The van der Waals surface area contributed by atoms with Gasteiger partial charge in [-0.1, -0.05) is 72.8 Å². The molecule has 5 rings (SSSR count). The Morgan fingerprint density at radius 3 is 2.53 bits per heavy atom. The minimum atomic E-state index is -0.231. The molecular weight excluding hydrogens is 448 g/mol. The molecule has 1 N–H and O–H groups in total. The highest BCUT2D eigenvalue weighted by Crippen LogP contribution is 2.32. The molecule has 4 aromatic rings. The summed E-state index contributed by atoms with van der Waals surface area (Å²) in [5.74, 6) is -0.0593. The topological polar surface area (TPSA) is 67.2 Å². The van der Waals surface area contributed by atoms with Gasteiger partial charge in [0.25, 0.3) is 0 Å². The summed E-state index contributed by atoms with van der Waals surface area (Å²) in [4.78, 5) is 27.2. The summed E-state index contributed by atoms with van der Waals surface area (Å²) >= 11 is 0. The van der Waals surface area contributed by atoms with Crippen LogP contribution in [0.25, 0.3) is 11.1 Å². The zero-order valence-electron chi connectivity index (χ0n) is 20.4. The number of amides is 2. The summed E-state index contributed by atoms with van der Waals surface area (Å²) in [5, 5.41) is 7.37. The fourth-order valence-electron chi connectivity index (χ4n) is 5.02. The van der Waals surface area contributed by atoms with Gasteiger partial charge in [-0.05, 0) is 45.9 Å². The molecule has 0 radical (unpaired) electrons. The first-order chi connectivity index (χ1) is 17.6. The number of nitrogens with zero attached hydrogens (tertiary/aromatic N) is 3. The Bertz CT molecular complexity index is 1350. The first kappa shape index (κ1) is 23.5. The molecule has 6 heteroatoms. The van der Waals surface area contributed by atoms with E-state index in [1.54, 1.807) is 13.1 Å². The molecule has 1 aromatic heterocycles. The maximum atomic E-state index is 13.0. The van der Waals surface area contributed by atoms with Gasteiger partial charge in [0.2, 0.25) is 11.8 Å². The van der Waals surface area contributed by atoms with Crippen LogP contribution in [0.4, 0.5) is 0 Å². The second kappa shape index (κ2) is 10.6. The zero-order chi connectivity index (χ0) is 24.9. The number of rotatable bonds is 7. The van der Waals surface area contributed by atoms with Crippen LogP contribution in [0.2, 0.25) is 0 Å². The van der Waals surface area contributed by atoms with E-state index in [0.717, 1.165) is 35.2 Å². The highest BCUT2D eigenvalue weighted by molar-refractivity contribution is 5.80. The molecule has 0 fully saturated rings. The highest BCUT2D eigenvalue weighted by atomic mass is 16.2. The SMILES string of the molecule is CC(=O)N1CCc2ccccc2C1CC(=O)NCc1ccccc1-c1ccc(Cn2cccn2)cc1. The van der Waals surface area contributed by atoms with Crippen molar-refractivity contribution in [2.45, 2.75) is 38.9 Å². The first-order valence-electron chi connectivity index (χ1n) is 12.3. The van der Waals surface area contributed by atoms with Crippen molar-refractivity contribution in [2.24, 2.45) is 0 Å². The van der Waals surface area contributed by atoms with Crippen LogP contribution in [-0.2, 0) is 29.1 Å². The van der Waals surface area contributed by atoms with Crippen molar-refractivity contribution in [1.29, 1.82) is 0 Å². The van der Waals surface area contributed by atoms with Gasteiger partial charge in [-0.3, -0.25) is 14.3 Å². The number of benzene rings is 3. The number of carbonyl (C=O) groups is 2. The van der Waals surface area contributed by atoms with Crippen molar-refractivity contribution >= 4 is 11.8 Å². The van der Waals surface area contributed by atoms with Crippen LogP contribution in [0, 0.1) is 0 Å². The molecular formula is C30H30N4O2. The summed E-state index contributed by atoms with van der Waals surface area (Å²) < 4.78 is 1.90. The van der Waals surface area contributed by atoms with Crippen molar-refractivity contribution < 1.29 is 9.59 Å². The highest BCUT2D eigenvalue weighted by Gasteiger charge is 2.30. The average Bonchev–Trinajstić information content (AvgIpc) is 3.41. The maximum absolute atomic E-state index is 13.0. The molecule has 1 aliphatic heterocycles. The van der Waals surface area contributed by atoms with Crippen LogP contribution in [-0.4, -0.2) is 33.0 Å². The van der Waals surface area contributed by atoms with E-state index in [1.165, 1.54) is 11.1 Å². The standard InChI is InChI=1S/C30H30N4O2/c1-22(35)34-18-15-24-7-2-5-10-28(24)29(34)19-30(36)31-20-26-8-3-4-9-27(26)25-13-11-23(12-14-25)21-33-17-6-16-32-33/h2-14,16-17,29H,15,18-21H2,1H3,(H,31,36). The van der Waals surface area contributed by atoms with E-state index in [4.69, 9.17) is 0 Å². The average molecular weight is 479 g/mol. The van der Waals surface area contributed by atoms with Crippen LogP contribution in [0.15, 0.2) is 91.3 Å². The van der Waals surface area contributed by atoms with E-state index in [-0.39, 0.29) is 24.3 Å². The van der Waals surface area contributed by atoms with Gasteiger partial charge in [0.1, 0.15) is 0 Å². The monoisotopic (exact) mass is 478 g/mol. The van der Waals surface area contributed by atoms with Gasteiger partial charge in [-0.2, -0.15) is 5.10 Å². The number of fused-ring (bicyclic) bond motifs is 1. The van der Waals surface area contributed by atoms with Crippen molar-refractivity contribution in [3.05, 3.63) is 114 Å². The van der Waals surface area contributed by atoms with Gasteiger partial charge in [-0.15, -0.1) is 0 Å². The maximum Gasteiger partial charge on any atom is 0.222 e. The van der Waals surface area contributed by atoms with Gasteiger partial charge in [0.05, 0.1) is 19.0 Å². The van der Waals surface area contributed by atoms with E-state index < -0.39 is 0 Å². The van der Waals surface area contributed by atoms with Gasteiger partial charge < -0.3 is 10.2 Å². The first-order valence-corrected chi connectivity index (χ1v) is 12.3.